The van der Waals surface area contributed by atoms with E-state index in [-0.39, 0.29) is 0 Å². The summed E-state index contributed by atoms with van der Waals surface area (Å²) in [4.78, 5) is 15.3. The fraction of sp³-hybridized carbons (Fsp3) is 0.375. The van der Waals surface area contributed by atoms with Crippen molar-refractivity contribution in [3.8, 4) is 0 Å². The van der Waals surface area contributed by atoms with Gasteiger partial charge in [-0.05, 0) is 7.05 Å². The molecule has 0 radical (unpaired) electrons. The van der Waals surface area contributed by atoms with Crippen LogP contribution in [0.3, 0.4) is 0 Å². The number of hydrogen-bond acceptors (Lipinski definition) is 4. The molecule has 2 aromatic rings. The van der Waals surface area contributed by atoms with Crippen molar-refractivity contribution in [2.24, 2.45) is 0 Å². The molecule has 0 saturated carbocycles. The van der Waals surface area contributed by atoms with Crippen molar-refractivity contribution in [3.63, 3.8) is 0 Å². The summed E-state index contributed by atoms with van der Waals surface area (Å²) in [5.41, 5.74) is 2.69. The Morgan fingerprint density at radius 2 is 2.31 bits per heavy atom. The molecule has 2 rings (SSSR count). The fourth-order valence-electron chi connectivity index (χ4n) is 1.25. The van der Waals surface area contributed by atoms with Gasteiger partial charge in [-0.25, -0.2) is 15.0 Å². The highest BCUT2D eigenvalue weighted by atomic mass is 15.0. The van der Waals surface area contributed by atoms with Gasteiger partial charge in [0.2, 0.25) is 0 Å². The molecule has 0 bridgehead atoms. The Labute approximate surface area is 75.6 Å². The quantitative estimate of drug-likeness (QED) is 0.698. The first-order valence-corrected chi connectivity index (χ1v) is 4.19. The smallest absolute Gasteiger partial charge is 0.180 e. The number of likely N-dealkylation sites (N-methyl/N-ethyl adjacent to an activating group) is 1. The van der Waals surface area contributed by atoms with Gasteiger partial charge in [-0.3, -0.25) is 0 Å². The number of H-pyrrole nitrogens is 1. The number of imidazole rings is 1. The highest BCUT2D eigenvalue weighted by molar-refractivity contribution is 5.71. The molecule has 0 amide bonds. The molecule has 13 heavy (non-hydrogen) atoms. The zero-order valence-corrected chi connectivity index (χ0v) is 7.41. The molecule has 0 aliphatic rings. The fourth-order valence-corrected chi connectivity index (χ4v) is 1.25. The first kappa shape index (κ1) is 8.12. The van der Waals surface area contributed by atoms with Gasteiger partial charge < -0.3 is 10.3 Å². The lowest BCUT2D eigenvalue weighted by molar-refractivity contribution is 0.778. The van der Waals surface area contributed by atoms with E-state index in [1.165, 1.54) is 0 Å². The van der Waals surface area contributed by atoms with E-state index in [1.807, 2.05) is 7.05 Å². The van der Waals surface area contributed by atoms with Crippen molar-refractivity contribution in [3.05, 3.63) is 18.3 Å². The van der Waals surface area contributed by atoms with Gasteiger partial charge in [0.05, 0.1) is 12.0 Å². The molecule has 0 aliphatic carbocycles. The second kappa shape index (κ2) is 3.49. The van der Waals surface area contributed by atoms with E-state index in [4.69, 9.17) is 0 Å². The summed E-state index contributed by atoms with van der Waals surface area (Å²) in [5, 5.41) is 3.08. The van der Waals surface area contributed by atoms with Crippen LogP contribution in [0.2, 0.25) is 0 Å². The van der Waals surface area contributed by atoms with Crippen LogP contribution in [0, 0.1) is 0 Å². The maximum absolute atomic E-state index is 4.19. The Morgan fingerprint density at radius 3 is 3.15 bits per heavy atom. The maximum Gasteiger partial charge on any atom is 0.180 e. The topological polar surface area (TPSA) is 66.5 Å². The Morgan fingerprint density at radius 1 is 1.38 bits per heavy atom. The van der Waals surface area contributed by atoms with Crippen LogP contribution in [0.5, 0.6) is 0 Å². The molecule has 68 valence electrons. The summed E-state index contributed by atoms with van der Waals surface area (Å²) in [5.74, 6) is 0. The third kappa shape index (κ3) is 1.50. The van der Waals surface area contributed by atoms with Crippen molar-refractivity contribution >= 4 is 11.2 Å². The van der Waals surface area contributed by atoms with E-state index in [0.29, 0.717) is 0 Å². The summed E-state index contributed by atoms with van der Waals surface area (Å²) in [7, 11) is 1.92. The van der Waals surface area contributed by atoms with Crippen LogP contribution in [0.4, 0.5) is 0 Å². The number of aromatic nitrogens is 4. The van der Waals surface area contributed by atoms with Gasteiger partial charge in [-0.1, -0.05) is 0 Å². The number of nitrogens with zero attached hydrogens (tertiary/aromatic N) is 3. The lowest BCUT2D eigenvalue weighted by Crippen LogP contribution is -2.11. The van der Waals surface area contributed by atoms with Gasteiger partial charge in [0.25, 0.3) is 0 Å². The first-order chi connectivity index (χ1) is 6.42. The Kier molecular flexibility index (Phi) is 2.18. The van der Waals surface area contributed by atoms with Crippen molar-refractivity contribution < 1.29 is 0 Å². The number of aromatic amines is 1. The summed E-state index contributed by atoms with van der Waals surface area (Å²) >= 11 is 0. The molecule has 0 aliphatic heterocycles. The Bertz CT molecular complexity index is 394. The largest absolute Gasteiger partial charge is 0.342 e. The molecule has 0 spiro atoms. The minimum absolute atomic E-state index is 0.737. The van der Waals surface area contributed by atoms with E-state index < -0.39 is 0 Å². The lowest BCUT2D eigenvalue weighted by atomic mass is 10.3. The molecular weight excluding hydrogens is 166 g/mol. The lowest BCUT2D eigenvalue weighted by Gasteiger charge is -1.99. The number of fused-ring (bicyclic) bond motifs is 1. The Balaban J connectivity index is 2.37. The highest BCUT2D eigenvalue weighted by Gasteiger charge is 2.03. The summed E-state index contributed by atoms with van der Waals surface area (Å²) < 4.78 is 0. The van der Waals surface area contributed by atoms with Crippen LogP contribution in [0.1, 0.15) is 5.69 Å². The molecule has 2 heterocycles. The minimum Gasteiger partial charge on any atom is -0.342 e. The zero-order valence-electron chi connectivity index (χ0n) is 7.41. The van der Waals surface area contributed by atoms with E-state index in [1.54, 1.807) is 12.7 Å². The second-order valence-electron chi connectivity index (χ2n) is 2.78. The zero-order chi connectivity index (χ0) is 9.10. The number of rotatable bonds is 3. The van der Waals surface area contributed by atoms with E-state index >= 15 is 0 Å². The van der Waals surface area contributed by atoms with E-state index in [9.17, 15) is 0 Å². The van der Waals surface area contributed by atoms with Crippen LogP contribution < -0.4 is 5.32 Å². The van der Waals surface area contributed by atoms with Crippen LogP contribution in [-0.2, 0) is 6.42 Å². The average Bonchev–Trinajstić information content (AvgIpc) is 2.62. The average molecular weight is 177 g/mol. The van der Waals surface area contributed by atoms with Crippen molar-refractivity contribution in [1.29, 1.82) is 0 Å². The van der Waals surface area contributed by atoms with Gasteiger partial charge in [0.15, 0.2) is 5.65 Å². The second-order valence-corrected chi connectivity index (χ2v) is 2.78. The summed E-state index contributed by atoms with van der Waals surface area (Å²) in [6.07, 6.45) is 4.08. The molecule has 0 atom stereocenters. The number of nitrogens with one attached hydrogen (secondary N) is 2. The monoisotopic (exact) mass is 177 g/mol. The van der Waals surface area contributed by atoms with Crippen LogP contribution in [0.25, 0.3) is 11.2 Å². The summed E-state index contributed by atoms with van der Waals surface area (Å²) in [6.45, 7) is 0.908. The van der Waals surface area contributed by atoms with Gasteiger partial charge >= 0.3 is 0 Å². The molecule has 0 aromatic carbocycles. The van der Waals surface area contributed by atoms with Gasteiger partial charge in [0.1, 0.15) is 11.8 Å². The van der Waals surface area contributed by atoms with Gasteiger partial charge in [-0.2, -0.15) is 0 Å². The van der Waals surface area contributed by atoms with Gasteiger partial charge in [0, 0.05) is 13.0 Å². The molecule has 5 nitrogen and oxygen atoms in total. The van der Waals surface area contributed by atoms with Crippen molar-refractivity contribution in [1.82, 2.24) is 25.3 Å². The third-order valence-corrected chi connectivity index (χ3v) is 1.91. The predicted molar refractivity (Wildman–Crippen MR) is 49.3 cm³/mol. The SMILES string of the molecule is CNCCc1ncnc2nc[nH]c12. The van der Waals surface area contributed by atoms with Crippen LogP contribution in [-0.4, -0.2) is 33.5 Å². The first-order valence-electron chi connectivity index (χ1n) is 4.19. The maximum atomic E-state index is 4.19. The molecular formula is C8H11N5. The standard InChI is InChI=1S/C8H11N5/c1-9-3-2-6-7-8(12-4-10-6)13-5-11-7/h4-5,9H,2-3H2,1H3,(H,10,11,12,13). The van der Waals surface area contributed by atoms with E-state index in [2.05, 4.69) is 25.3 Å². The molecule has 2 N–H and O–H groups in total. The molecule has 0 saturated heterocycles. The number of hydrogen-bond donors (Lipinski definition) is 2. The molecule has 2 aromatic heterocycles. The van der Waals surface area contributed by atoms with Gasteiger partial charge in [-0.15, -0.1) is 0 Å². The molecule has 5 heteroatoms. The molecule has 0 fully saturated rings. The normalized spacial score (nSPS) is 10.8. The van der Waals surface area contributed by atoms with E-state index in [0.717, 1.165) is 29.8 Å². The van der Waals surface area contributed by atoms with Crippen molar-refractivity contribution in [2.75, 3.05) is 13.6 Å². The summed E-state index contributed by atoms with van der Waals surface area (Å²) in [6, 6.07) is 0. The predicted octanol–water partition coefficient (Wildman–Crippen LogP) is 0.115. The highest BCUT2D eigenvalue weighted by Crippen LogP contribution is 2.08. The molecule has 0 unspecified atom stereocenters. The Hall–Kier alpha value is -1.49. The minimum atomic E-state index is 0.737. The third-order valence-electron chi connectivity index (χ3n) is 1.91. The van der Waals surface area contributed by atoms with Crippen LogP contribution in [0.15, 0.2) is 12.7 Å². The van der Waals surface area contributed by atoms with Crippen LogP contribution >= 0.6 is 0 Å². The van der Waals surface area contributed by atoms with Crippen molar-refractivity contribution in [2.45, 2.75) is 6.42 Å².